The maximum absolute atomic E-state index is 12.0. The van der Waals surface area contributed by atoms with E-state index >= 15 is 0 Å². The number of carbonyl (C=O) groups excluding carboxylic acids is 1. The summed E-state index contributed by atoms with van der Waals surface area (Å²) in [6, 6.07) is 7.44. The summed E-state index contributed by atoms with van der Waals surface area (Å²) in [4.78, 5) is 12.0. The number of carbonyl (C=O) groups is 1. The second-order valence-electron chi connectivity index (χ2n) is 5.56. The number of rotatable bonds is 5. The van der Waals surface area contributed by atoms with Gasteiger partial charge in [0.2, 0.25) is 17.7 Å². The first kappa shape index (κ1) is 15.7. The Morgan fingerprint density at radius 1 is 1.26 bits per heavy atom. The van der Waals surface area contributed by atoms with Gasteiger partial charge in [-0.15, -0.1) is 10.2 Å². The van der Waals surface area contributed by atoms with Crippen molar-refractivity contribution in [3.05, 3.63) is 47.3 Å². The molecule has 1 heterocycles. The molecule has 1 aromatic carbocycles. The second-order valence-corrected chi connectivity index (χ2v) is 5.99. The van der Waals surface area contributed by atoms with E-state index in [-0.39, 0.29) is 11.9 Å². The highest BCUT2D eigenvalue weighted by Crippen LogP contribution is 2.20. The summed E-state index contributed by atoms with van der Waals surface area (Å²) in [5, 5.41) is 11.7. The maximum Gasteiger partial charge on any atom is 0.247 e. The minimum atomic E-state index is 0.0246. The van der Waals surface area contributed by atoms with Crippen molar-refractivity contribution in [2.75, 3.05) is 0 Å². The number of benzene rings is 1. The Morgan fingerprint density at radius 3 is 2.83 bits per heavy atom. The lowest BCUT2D eigenvalue weighted by Crippen LogP contribution is -2.35. The largest absolute Gasteiger partial charge is 0.421 e. The summed E-state index contributed by atoms with van der Waals surface area (Å²) in [5.74, 6) is 0.930. The number of aromatic nitrogens is 2. The molecular weight excluding hydrogens is 314 g/mol. The van der Waals surface area contributed by atoms with Crippen molar-refractivity contribution in [3.63, 3.8) is 0 Å². The van der Waals surface area contributed by atoms with Crippen LogP contribution in [0.25, 0.3) is 11.5 Å². The molecule has 0 unspecified atom stereocenters. The Bertz CT molecular complexity index is 694. The summed E-state index contributed by atoms with van der Waals surface area (Å²) in [5.41, 5.74) is 0.812. The van der Waals surface area contributed by atoms with Gasteiger partial charge in [-0.1, -0.05) is 23.8 Å². The number of nitrogens with one attached hydrogen (secondary N) is 1. The van der Waals surface area contributed by atoms with Gasteiger partial charge in [-0.3, -0.25) is 4.79 Å². The Balaban J connectivity index is 1.51. The summed E-state index contributed by atoms with van der Waals surface area (Å²) in [6.45, 7) is 0. The van der Waals surface area contributed by atoms with Crippen molar-refractivity contribution in [2.45, 2.75) is 38.1 Å². The zero-order chi connectivity index (χ0) is 16.1. The molecule has 1 atom stereocenters. The topological polar surface area (TPSA) is 68.0 Å². The third kappa shape index (κ3) is 4.42. The molecule has 0 spiro atoms. The van der Waals surface area contributed by atoms with Gasteiger partial charge in [-0.25, -0.2) is 0 Å². The lowest BCUT2D eigenvalue weighted by Gasteiger charge is -2.18. The monoisotopic (exact) mass is 331 g/mol. The van der Waals surface area contributed by atoms with Crippen LogP contribution >= 0.6 is 11.6 Å². The minimum absolute atomic E-state index is 0.0246. The Kier molecular flexibility index (Phi) is 5.08. The molecule has 0 fully saturated rings. The molecule has 0 aliphatic heterocycles. The first-order valence-electron chi connectivity index (χ1n) is 7.73. The minimum Gasteiger partial charge on any atom is -0.421 e. The predicted octanol–water partition coefficient (Wildman–Crippen LogP) is 3.55. The number of hydrogen-bond acceptors (Lipinski definition) is 4. The molecule has 1 amide bonds. The number of allylic oxidation sites excluding steroid dienone is 1. The van der Waals surface area contributed by atoms with Crippen LogP contribution in [0.1, 0.15) is 31.6 Å². The van der Waals surface area contributed by atoms with Crippen LogP contribution in [0.5, 0.6) is 0 Å². The molecular formula is C17H18ClN3O2. The van der Waals surface area contributed by atoms with Gasteiger partial charge in [0.05, 0.1) is 0 Å². The first-order chi connectivity index (χ1) is 11.2. The predicted molar refractivity (Wildman–Crippen MR) is 88.0 cm³/mol. The summed E-state index contributed by atoms with van der Waals surface area (Å²) >= 11 is 5.85. The Hall–Kier alpha value is -2.14. The smallest absolute Gasteiger partial charge is 0.247 e. The molecule has 1 aromatic heterocycles. The molecule has 0 bridgehead atoms. The van der Waals surface area contributed by atoms with Crippen molar-refractivity contribution < 1.29 is 9.21 Å². The fourth-order valence-electron chi connectivity index (χ4n) is 2.51. The van der Waals surface area contributed by atoms with E-state index in [0.29, 0.717) is 29.6 Å². The zero-order valence-corrected chi connectivity index (χ0v) is 13.4. The standard InChI is InChI=1S/C17H18ClN3O2/c18-13-8-6-12(7-9-13)17-21-20-16(23-17)11-10-15(22)19-14-4-2-1-3-5-14/h1-2,6-9,14H,3-5,10-11H2,(H,19,22)/t14-/m0/s1. The van der Waals surface area contributed by atoms with Gasteiger partial charge >= 0.3 is 0 Å². The van der Waals surface area contributed by atoms with Crippen LogP contribution in [0.15, 0.2) is 40.8 Å². The van der Waals surface area contributed by atoms with Crippen LogP contribution in [0.4, 0.5) is 0 Å². The van der Waals surface area contributed by atoms with Gasteiger partial charge in [-0.05, 0) is 43.5 Å². The van der Waals surface area contributed by atoms with E-state index in [1.54, 1.807) is 12.1 Å². The first-order valence-corrected chi connectivity index (χ1v) is 8.11. The lowest BCUT2D eigenvalue weighted by atomic mass is 10.0. The van der Waals surface area contributed by atoms with Crippen LogP contribution in [-0.2, 0) is 11.2 Å². The average molecular weight is 332 g/mol. The van der Waals surface area contributed by atoms with Crippen LogP contribution in [0.3, 0.4) is 0 Å². The molecule has 2 aromatic rings. The van der Waals surface area contributed by atoms with Crippen LogP contribution in [0, 0.1) is 0 Å². The molecule has 0 saturated heterocycles. The molecule has 1 aliphatic rings. The lowest BCUT2D eigenvalue weighted by molar-refractivity contribution is -0.121. The summed E-state index contributed by atoms with van der Waals surface area (Å²) in [7, 11) is 0. The van der Waals surface area contributed by atoms with Crippen molar-refractivity contribution in [2.24, 2.45) is 0 Å². The SMILES string of the molecule is O=C(CCc1nnc(-c2ccc(Cl)cc2)o1)N[C@H]1CC=CCC1. The fraction of sp³-hybridized carbons (Fsp3) is 0.353. The average Bonchev–Trinajstić information content (AvgIpc) is 3.04. The molecule has 6 heteroatoms. The number of halogens is 1. The fourth-order valence-corrected chi connectivity index (χ4v) is 2.63. The van der Waals surface area contributed by atoms with E-state index < -0.39 is 0 Å². The van der Waals surface area contributed by atoms with E-state index in [1.807, 2.05) is 12.1 Å². The second kappa shape index (κ2) is 7.42. The number of aryl methyl sites for hydroxylation is 1. The number of nitrogens with zero attached hydrogens (tertiary/aromatic N) is 2. The van der Waals surface area contributed by atoms with Gasteiger partial charge in [0.15, 0.2) is 0 Å². The van der Waals surface area contributed by atoms with Crippen molar-refractivity contribution in [1.82, 2.24) is 15.5 Å². The molecule has 120 valence electrons. The number of hydrogen-bond donors (Lipinski definition) is 1. The van der Waals surface area contributed by atoms with Crippen LogP contribution < -0.4 is 5.32 Å². The maximum atomic E-state index is 12.0. The molecule has 5 nitrogen and oxygen atoms in total. The van der Waals surface area contributed by atoms with Gasteiger partial charge in [0.25, 0.3) is 0 Å². The van der Waals surface area contributed by atoms with Gasteiger partial charge in [0.1, 0.15) is 0 Å². The molecule has 0 radical (unpaired) electrons. The summed E-state index contributed by atoms with van der Waals surface area (Å²) in [6.07, 6.45) is 8.00. The van der Waals surface area contributed by atoms with E-state index in [2.05, 4.69) is 27.7 Å². The van der Waals surface area contributed by atoms with Gasteiger partial charge in [0, 0.05) is 29.5 Å². The highest BCUT2D eigenvalue weighted by Gasteiger charge is 2.14. The highest BCUT2D eigenvalue weighted by molar-refractivity contribution is 6.30. The normalized spacial score (nSPS) is 17.2. The van der Waals surface area contributed by atoms with E-state index in [0.717, 1.165) is 24.8 Å². The Morgan fingerprint density at radius 2 is 2.09 bits per heavy atom. The van der Waals surface area contributed by atoms with E-state index in [1.165, 1.54) is 0 Å². The van der Waals surface area contributed by atoms with Crippen molar-refractivity contribution in [1.29, 1.82) is 0 Å². The molecule has 1 N–H and O–H groups in total. The number of amides is 1. The quantitative estimate of drug-likeness (QED) is 0.851. The molecule has 1 aliphatic carbocycles. The Labute approximate surface area is 139 Å². The van der Waals surface area contributed by atoms with Gasteiger partial charge in [-0.2, -0.15) is 0 Å². The van der Waals surface area contributed by atoms with Crippen LogP contribution in [-0.4, -0.2) is 22.1 Å². The zero-order valence-electron chi connectivity index (χ0n) is 12.7. The van der Waals surface area contributed by atoms with E-state index in [4.69, 9.17) is 16.0 Å². The summed E-state index contributed by atoms with van der Waals surface area (Å²) < 4.78 is 5.59. The highest BCUT2D eigenvalue weighted by atomic mass is 35.5. The molecule has 3 rings (SSSR count). The molecule has 0 saturated carbocycles. The molecule has 23 heavy (non-hydrogen) atoms. The third-order valence-electron chi connectivity index (χ3n) is 3.76. The van der Waals surface area contributed by atoms with Crippen LogP contribution in [0.2, 0.25) is 5.02 Å². The third-order valence-corrected chi connectivity index (χ3v) is 4.01. The van der Waals surface area contributed by atoms with Crippen molar-refractivity contribution in [3.8, 4) is 11.5 Å². The van der Waals surface area contributed by atoms with Gasteiger partial charge < -0.3 is 9.73 Å². The van der Waals surface area contributed by atoms with E-state index in [9.17, 15) is 4.79 Å². The van der Waals surface area contributed by atoms with Crippen molar-refractivity contribution >= 4 is 17.5 Å².